The normalized spacial score (nSPS) is 16.8. The van der Waals surface area contributed by atoms with Crippen LogP contribution in [0.1, 0.15) is 59.2 Å². The van der Waals surface area contributed by atoms with Crippen LogP contribution in [0.2, 0.25) is 0 Å². The molecule has 1 fully saturated rings. The first kappa shape index (κ1) is 19.7. The number of amides is 2. The van der Waals surface area contributed by atoms with Crippen molar-refractivity contribution in [1.82, 2.24) is 25.4 Å². The summed E-state index contributed by atoms with van der Waals surface area (Å²) in [5, 5.41) is 11.2. The Bertz CT molecular complexity index is 1120. The first-order valence-corrected chi connectivity index (χ1v) is 11.1. The molecule has 3 aromatic rings. The van der Waals surface area contributed by atoms with E-state index < -0.39 is 0 Å². The van der Waals surface area contributed by atoms with Crippen molar-refractivity contribution in [3.63, 3.8) is 0 Å². The van der Waals surface area contributed by atoms with Gasteiger partial charge >= 0.3 is 0 Å². The maximum absolute atomic E-state index is 13.0. The van der Waals surface area contributed by atoms with Gasteiger partial charge in [-0.3, -0.25) is 14.7 Å². The number of hydrogen-bond acceptors (Lipinski definition) is 4. The smallest absolute Gasteiger partial charge is 0.251 e. The molecule has 7 heteroatoms. The van der Waals surface area contributed by atoms with Crippen molar-refractivity contribution in [2.24, 2.45) is 0 Å². The topological polar surface area (TPSA) is 91.0 Å². The van der Waals surface area contributed by atoms with Crippen molar-refractivity contribution in [3.8, 4) is 0 Å². The Morgan fingerprint density at radius 3 is 2.90 bits per heavy atom. The quantitative estimate of drug-likeness (QED) is 0.682. The molecule has 2 aromatic heterocycles. The molecule has 0 bridgehead atoms. The minimum Gasteiger partial charge on any atom is -0.349 e. The average Bonchev–Trinajstić information content (AvgIpc) is 3.29. The van der Waals surface area contributed by atoms with E-state index in [0.29, 0.717) is 25.1 Å². The molecule has 7 nitrogen and oxygen atoms in total. The van der Waals surface area contributed by atoms with Crippen molar-refractivity contribution < 1.29 is 9.59 Å². The number of hydrogen-bond donors (Lipinski definition) is 2. The predicted octanol–water partition coefficient (Wildman–Crippen LogP) is 3.15. The zero-order valence-electron chi connectivity index (χ0n) is 17.6. The molecule has 1 aliphatic carbocycles. The lowest BCUT2D eigenvalue weighted by Gasteiger charge is -2.29. The molecule has 2 N–H and O–H groups in total. The maximum Gasteiger partial charge on any atom is 0.251 e. The number of carbonyl (C=O) groups excluding carboxylic acids is 2. The van der Waals surface area contributed by atoms with Gasteiger partial charge in [0, 0.05) is 36.3 Å². The summed E-state index contributed by atoms with van der Waals surface area (Å²) < 4.78 is 0. The van der Waals surface area contributed by atoms with Gasteiger partial charge in [0.1, 0.15) is 0 Å². The van der Waals surface area contributed by atoms with Gasteiger partial charge in [0.25, 0.3) is 5.91 Å². The van der Waals surface area contributed by atoms with Gasteiger partial charge in [-0.05, 0) is 48.1 Å². The molecule has 0 radical (unpaired) electrons. The van der Waals surface area contributed by atoms with Crippen LogP contribution in [0.4, 0.5) is 0 Å². The molecule has 1 aliphatic heterocycles. The highest BCUT2D eigenvalue weighted by Gasteiger charge is 2.23. The third kappa shape index (κ3) is 4.17. The summed E-state index contributed by atoms with van der Waals surface area (Å²) >= 11 is 0. The molecule has 0 unspecified atom stereocenters. The number of nitrogens with one attached hydrogen (secondary N) is 2. The van der Waals surface area contributed by atoms with Gasteiger partial charge in [0.2, 0.25) is 5.91 Å². The third-order valence-corrected chi connectivity index (χ3v) is 6.51. The fraction of sp³-hybridized carbons (Fsp3) is 0.417. The Labute approximate surface area is 181 Å². The monoisotopic (exact) mass is 417 g/mol. The highest BCUT2D eigenvalue weighted by atomic mass is 16.2. The van der Waals surface area contributed by atoms with Gasteiger partial charge in [-0.15, -0.1) is 0 Å². The number of H-pyrrole nitrogens is 1. The van der Waals surface area contributed by atoms with Crippen molar-refractivity contribution in [2.45, 2.75) is 57.5 Å². The molecule has 0 saturated heterocycles. The molecule has 1 saturated carbocycles. The van der Waals surface area contributed by atoms with Gasteiger partial charge in [0.15, 0.2) is 5.65 Å². The van der Waals surface area contributed by atoms with Gasteiger partial charge in [0.05, 0.1) is 12.6 Å². The van der Waals surface area contributed by atoms with E-state index in [1.165, 1.54) is 24.8 Å². The van der Waals surface area contributed by atoms with Crippen LogP contribution >= 0.6 is 0 Å². The lowest BCUT2D eigenvalue weighted by molar-refractivity contribution is -0.131. The van der Waals surface area contributed by atoms with E-state index in [1.807, 2.05) is 41.6 Å². The molecule has 2 aliphatic rings. The van der Waals surface area contributed by atoms with Crippen molar-refractivity contribution in [1.29, 1.82) is 0 Å². The van der Waals surface area contributed by atoms with Crippen molar-refractivity contribution >= 4 is 22.8 Å². The highest BCUT2D eigenvalue weighted by molar-refractivity contribution is 5.94. The summed E-state index contributed by atoms with van der Waals surface area (Å²) in [5.74, 6) is 0.0334. The number of carbonyl (C=O) groups is 2. The molecule has 31 heavy (non-hydrogen) atoms. The SMILES string of the molecule is O=C(NC1CCCCC1)c1cccc(CC(=O)N2CCc3c(cnc4[nH]ncc34)C2)c1. The second kappa shape index (κ2) is 8.49. The summed E-state index contributed by atoms with van der Waals surface area (Å²) in [6.07, 6.45) is 10.5. The number of fused-ring (bicyclic) bond motifs is 3. The second-order valence-electron chi connectivity index (χ2n) is 8.65. The molecular formula is C24H27N5O2. The molecule has 1 aromatic carbocycles. The summed E-state index contributed by atoms with van der Waals surface area (Å²) in [5.41, 5.74) is 4.60. The number of aromatic nitrogens is 3. The number of aromatic amines is 1. The zero-order chi connectivity index (χ0) is 21.2. The van der Waals surface area contributed by atoms with Gasteiger partial charge < -0.3 is 10.2 Å². The van der Waals surface area contributed by atoms with E-state index in [0.717, 1.165) is 41.4 Å². The van der Waals surface area contributed by atoms with E-state index in [4.69, 9.17) is 0 Å². The van der Waals surface area contributed by atoms with E-state index >= 15 is 0 Å². The summed E-state index contributed by atoms with van der Waals surface area (Å²) in [7, 11) is 0. The summed E-state index contributed by atoms with van der Waals surface area (Å²) in [6.45, 7) is 1.24. The second-order valence-corrected chi connectivity index (χ2v) is 8.65. The Kier molecular flexibility index (Phi) is 5.40. The molecule has 0 atom stereocenters. The number of benzene rings is 1. The van der Waals surface area contributed by atoms with Gasteiger partial charge in [-0.25, -0.2) is 4.98 Å². The Morgan fingerprint density at radius 2 is 2.03 bits per heavy atom. The van der Waals surface area contributed by atoms with Crippen LogP contribution in [0.25, 0.3) is 11.0 Å². The zero-order valence-corrected chi connectivity index (χ0v) is 17.6. The van der Waals surface area contributed by atoms with Crippen LogP contribution in [0.15, 0.2) is 36.7 Å². The van der Waals surface area contributed by atoms with Crippen LogP contribution < -0.4 is 5.32 Å². The van der Waals surface area contributed by atoms with Crippen LogP contribution in [0.3, 0.4) is 0 Å². The number of pyridine rings is 1. The maximum atomic E-state index is 13.0. The lowest BCUT2D eigenvalue weighted by atomic mass is 9.95. The fourth-order valence-electron chi connectivity index (χ4n) is 4.79. The lowest BCUT2D eigenvalue weighted by Crippen LogP contribution is -2.37. The van der Waals surface area contributed by atoms with Crippen LogP contribution in [0, 0.1) is 0 Å². The molecule has 3 heterocycles. The Balaban J connectivity index is 1.24. The first-order chi connectivity index (χ1) is 15.2. The van der Waals surface area contributed by atoms with Crippen LogP contribution in [-0.4, -0.2) is 44.5 Å². The number of nitrogens with zero attached hydrogens (tertiary/aromatic N) is 3. The minimum absolute atomic E-state index is 0.0386. The fourth-order valence-corrected chi connectivity index (χ4v) is 4.79. The van der Waals surface area contributed by atoms with E-state index in [2.05, 4.69) is 20.5 Å². The standard InChI is InChI=1S/C24H27N5O2/c30-22(29-10-9-20-18(15-29)13-25-23-21(20)14-26-28-23)12-16-5-4-6-17(11-16)24(31)27-19-7-2-1-3-8-19/h4-6,11,13-14,19H,1-3,7-10,12,15H2,(H,27,31)(H,25,26,28). The Morgan fingerprint density at radius 1 is 1.16 bits per heavy atom. The minimum atomic E-state index is -0.0386. The molecule has 5 rings (SSSR count). The van der Waals surface area contributed by atoms with Crippen LogP contribution in [-0.2, 0) is 24.2 Å². The summed E-state index contributed by atoms with van der Waals surface area (Å²) in [6, 6.07) is 7.73. The van der Waals surface area contributed by atoms with Crippen molar-refractivity contribution in [2.75, 3.05) is 6.54 Å². The average molecular weight is 418 g/mol. The van der Waals surface area contributed by atoms with E-state index in [1.54, 1.807) is 0 Å². The van der Waals surface area contributed by atoms with Gasteiger partial charge in [-0.1, -0.05) is 31.4 Å². The molecule has 160 valence electrons. The van der Waals surface area contributed by atoms with E-state index in [9.17, 15) is 9.59 Å². The molecule has 0 spiro atoms. The molecular weight excluding hydrogens is 390 g/mol. The number of rotatable bonds is 4. The largest absolute Gasteiger partial charge is 0.349 e. The third-order valence-electron chi connectivity index (χ3n) is 6.51. The van der Waals surface area contributed by atoms with Crippen molar-refractivity contribution in [3.05, 3.63) is 58.9 Å². The summed E-state index contributed by atoms with van der Waals surface area (Å²) in [4.78, 5) is 31.9. The first-order valence-electron chi connectivity index (χ1n) is 11.1. The van der Waals surface area contributed by atoms with E-state index in [-0.39, 0.29) is 17.9 Å². The molecule has 2 amide bonds. The highest BCUT2D eigenvalue weighted by Crippen LogP contribution is 2.25. The van der Waals surface area contributed by atoms with Gasteiger partial charge in [-0.2, -0.15) is 5.10 Å². The van der Waals surface area contributed by atoms with Crippen LogP contribution in [0.5, 0.6) is 0 Å². The Hall–Kier alpha value is -3.22. The predicted molar refractivity (Wildman–Crippen MR) is 117 cm³/mol.